The minimum atomic E-state index is 0.382. The lowest BCUT2D eigenvalue weighted by Gasteiger charge is -2.21. The summed E-state index contributed by atoms with van der Waals surface area (Å²) in [5, 5.41) is 7.84. The van der Waals surface area contributed by atoms with E-state index in [0.29, 0.717) is 6.10 Å². The number of anilines is 1. The molecule has 0 saturated carbocycles. The summed E-state index contributed by atoms with van der Waals surface area (Å²) in [6.45, 7) is 5.02. The fraction of sp³-hybridized carbons (Fsp3) is 0.727. The molecule has 5 nitrogen and oxygen atoms in total. The molecule has 1 aromatic heterocycles. The van der Waals surface area contributed by atoms with Gasteiger partial charge in [-0.05, 0) is 6.42 Å². The lowest BCUT2D eigenvalue weighted by molar-refractivity contribution is 0.121. The molecule has 16 heavy (non-hydrogen) atoms. The fourth-order valence-electron chi connectivity index (χ4n) is 2.57. The molecule has 88 valence electrons. The predicted molar refractivity (Wildman–Crippen MR) is 61.6 cm³/mol. The molecule has 2 aliphatic heterocycles. The molecule has 1 atom stereocenters. The van der Waals surface area contributed by atoms with Gasteiger partial charge in [0.15, 0.2) is 0 Å². The third kappa shape index (κ3) is 1.60. The van der Waals surface area contributed by atoms with Gasteiger partial charge in [-0.1, -0.05) is 0 Å². The summed E-state index contributed by atoms with van der Waals surface area (Å²) in [6.07, 6.45) is 3.50. The zero-order chi connectivity index (χ0) is 11.0. The summed E-state index contributed by atoms with van der Waals surface area (Å²) >= 11 is 0. The second kappa shape index (κ2) is 4.07. The molecular weight excluding hydrogens is 204 g/mol. The van der Waals surface area contributed by atoms with Gasteiger partial charge in [0.2, 0.25) is 0 Å². The van der Waals surface area contributed by atoms with E-state index in [0.717, 1.165) is 39.1 Å². The lowest BCUT2D eigenvalue weighted by atomic mass is 10.3. The monoisotopic (exact) mass is 222 g/mol. The van der Waals surface area contributed by atoms with E-state index in [1.807, 2.05) is 6.20 Å². The molecule has 0 aromatic carbocycles. The molecule has 2 aliphatic rings. The average molecular weight is 222 g/mol. The van der Waals surface area contributed by atoms with E-state index in [1.165, 1.54) is 11.4 Å². The summed E-state index contributed by atoms with van der Waals surface area (Å²) in [5.41, 5.74) is 2.61. The average Bonchev–Trinajstić information content (AvgIpc) is 2.94. The van der Waals surface area contributed by atoms with E-state index in [2.05, 4.69) is 20.0 Å². The van der Waals surface area contributed by atoms with Crippen LogP contribution in [0.5, 0.6) is 0 Å². The third-order valence-corrected chi connectivity index (χ3v) is 3.54. The number of methoxy groups -OCH3 is 1. The van der Waals surface area contributed by atoms with Crippen molar-refractivity contribution in [3.8, 4) is 0 Å². The van der Waals surface area contributed by atoms with E-state index in [4.69, 9.17) is 4.74 Å². The third-order valence-electron chi connectivity index (χ3n) is 3.54. The van der Waals surface area contributed by atoms with Gasteiger partial charge in [-0.2, -0.15) is 5.10 Å². The SMILES string of the molecule is CO[C@H]1CCN(c2cnn3c2CNCC3)C1. The highest BCUT2D eigenvalue weighted by Gasteiger charge is 2.26. The number of fused-ring (bicyclic) bond motifs is 1. The summed E-state index contributed by atoms with van der Waals surface area (Å²) in [6, 6.07) is 0. The van der Waals surface area contributed by atoms with Crippen LogP contribution >= 0.6 is 0 Å². The van der Waals surface area contributed by atoms with Gasteiger partial charge in [0.05, 0.1) is 30.2 Å². The molecule has 1 N–H and O–H groups in total. The van der Waals surface area contributed by atoms with Gasteiger partial charge in [0, 0.05) is 33.3 Å². The number of ether oxygens (including phenoxy) is 1. The lowest BCUT2D eigenvalue weighted by Crippen LogP contribution is -2.30. The fourth-order valence-corrected chi connectivity index (χ4v) is 2.57. The highest BCUT2D eigenvalue weighted by Crippen LogP contribution is 2.26. The van der Waals surface area contributed by atoms with Crippen LogP contribution in [0.3, 0.4) is 0 Å². The molecule has 0 radical (unpaired) electrons. The molecule has 1 saturated heterocycles. The maximum atomic E-state index is 5.40. The Morgan fingerprint density at radius 1 is 1.50 bits per heavy atom. The van der Waals surface area contributed by atoms with Crippen LogP contribution in [-0.4, -0.2) is 42.6 Å². The highest BCUT2D eigenvalue weighted by molar-refractivity contribution is 5.51. The van der Waals surface area contributed by atoms with Gasteiger partial charge in [0.25, 0.3) is 0 Å². The first-order valence-corrected chi connectivity index (χ1v) is 5.91. The molecular formula is C11H18N4O. The van der Waals surface area contributed by atoms with Crippen molar-refractivity contribution in [2.75, 3.05) is 31.6 Å². The van der Waals surface area contributed by atoms with Gasteiger partial charge in [0.1, 0.15) is 0 Å². The molecule has 3 rings (SSSR count). The van der Waals surface area contributed by atoms with Crippen molar-refractivity contribution in [3.63, 3.8) is 0 Å². The van der Waals surface area contributed by atoms with E-state index in [9.17, 15) is 0 Å². The van der Waals surface area contributed by atoms with Crippen molar-refractivity contribution in [1.82, 2.24) is 15.1 Å². The van der Waals surface area contributed by atoms with Crippen LogP contribution in [0, 0.1) is 0 Å². The van der Waals surface area contributed by atoms with Crippen LogP contribution in [0.1, 0.15) is 12.1 Å². The normalized spacial score (nSPS) is 24.8. The zero-order valence-corrected chi connectivity index (χ0v) is 9.65. The summed E-state index contributed by atoms with van der Waals surface area (Å²) in [4.78, 5) is 2.39. The Labute approximate surface area is 95.4 Å². The Morgan fingerprint density at radius 2 is 2.44 bits per heavy atom. The van der Waals surface area contributed by atoms with Crippen LogP contribution < -0.4 is 10.2 Å². The van der Waals surface area contributed by atoms with E-state index in [-0.39, 0.29) is 0 Å². The molecule has 5 heteroatoms. The number of rotatable bonds is 2. The minimum Gasteiger partial charge on any atom is -0.380 e. The Kier molecular flexibility index (Phi) is 2.57. The van der Waals surface area contributed by atoms with E-state index in [1.54, 1.807) is 7.11 Å². The highest BCUT2D eigenvalue weighted by atomic mass is 16.5. The number of aromatic nitrogens is 2. The summed E-state index contributed by atoms with van der Waals surface area (Å²) in [5.74, 6) is 0. The topological polar surface area (TPSA) is 42.3 Å². The van der Waals surface area contributed by atoms with Crippen LogP contribution in [0.2, 0.25) is 0 Å². The van der Waals surface area contributed by atoms with Crippen LogP contribution in [0.4, 0.5) is 5.69 Å². The van der Waals surface area contributed by atoms with Crippen molar-refractivity contribution in [1.29, 1.82) is 0 Å². The molecule has 0 amide bonds. The van der Waals surface area contributed by atoms with Crippen molar-refractivity contribution in [2.45, 2.75) is 25.6 Å². The molecule has 0 spiro atoms. The smallest absolute Gasteiger partial charge is 0.0799 e. The summed E-state index contributed by atoms with van der Waals surface area (Å²) in [7, 11) is 1.79. The van der Waals surface area contributed by atoms with Crippen LogP contribution in [0.15, 0.2) is 6.20 Å². The van der Waals surface area contributed by atoms with E-state index < -0.39 is 0 Å². The second-order valence-electron chi connectivity index (χ2n) is 4.47. The number of hydrogen-bond donors (Lipinski definition) is 1. The second-order valence-corrected chi connectivity index (χ2v) is 4.47. The van der Waals surface area contributed by atoms with Gasteiger partial charge in [-0.25, -0.2) is 0 Å². The van der Waals surface area contributed by atoms with Crippen molar-refractivity contribution in [2.24, 2.45) is 0 Å². The minimum absolute atomic E-state index is 0.382. The summed E-state index contributed by atoms with van der Waals surface area (Å²) < 4.78 is 7.52. The van der Waals surface area contributed by atoms with Crippen LogP contribution in [-0.2, 0) is 17.8 Å². The van der Waals surface area contributed by atoms with Gasteiger partial charge in [-0.15, -0.1) is 0 Å². The first-order valence-electron chi connectivity index (χ1n) is 5.91. The zero-order valence-electron chi connectivity index (χ0n) is 9.65. The number of nitrogens with one attached hydrogen (secondary N) is 1. The van der Waals surface area contributed by atoms with Crippen molar-refractivity contribution in [3.05, 3.63) is 11.9 Å². The predicted octanol–water partition coefficient (Wildman–Crippen LogP) is 0.211. The van der Waals surface area contributed by atoms with Crippen molar-refractivity contribution >= 4 is 5.69 Å². The Hall–Kier alpha value is -1.07. The number of nitrogens with zero attached hydrogens (tertiary/aromatic N) is 3. The van der Waals surface area contributed by atoms with Gasteiger partial charge >= 0.3 is 0 Å². The molecule has 3 heterocycles. The molecule has 0 unspecified atom stereocenters. The van der Waals surface area contributed by atoms with Gasteiger partial charge in [-0.3, -0.25) is 4.68 Å². The molecule has 1 aromatic rings. The molecule has 0 aliphatic carbocycles. The van der Waals surface area contributed by atoms with Crippen LogP contribution in [0.25, 0.3) is 0 Å². The first-order chi connectivity index (χ1) is 7.88. The molecule has 0 bridgehead atoms. The Balaban J connectivity index is 1.82. The number of hydrogen-bond acceptors (Lipinski definition) is 4. The van der Waals surface area contributed by atoms with E-state index >= 15 is 0 Å². The first kappa shape index (κ1) is 10.1. The maximum absolute atomic E-state index is 5.40. The van der Waals surface area contributed by atoms with Gasteiger partial charge < -0.3 is 15.0 Å². The Morgan fingerprint density at radius 3 is 3.25 bits per heavy atom. The molecule has 1 fully saturated rings. The quantitative estimate of drug-likeness (QED) is 0.777. The standard InChI is InChI=1S/C11H18N4O/c1-16-9-2-4-14(8-9)10-7-13-15-5-3-12-6-11(10)15/h7,9,12H,2-6,8H2,1H3/t9-/m0/s1. The Bertz CT molecular complexity index is 376. The largest absolute Gasteiger partial charge is 0.380 e. The van der Waals surface area contributed by atoms with Crippen molar-refractivity contribution < 1.29 is 4.74 Å². The maximum Gasteiger partial charge on any atom is 0.0799 e.